The minimum atomic E-state index is -0.192. The van der Waals surface area contributed by atoms with Crippen LogP contribution in [0.4, 0.5) is 5.82 Å². The number of hydrogen-bond donors (Lipinski definition) is 1. The van der Waals surface area contributed by atoms with E-state index in [1.807, 2.05) is 55.5 Å². The van der Waals surface area contributed by atoms with Gasteiger partial charge in [0.05, 0.1) is 24.7 Å². The van der Waals surface area contributed by atoms with E-state index in [0.717, 1.165) is 32.6 Å². The van der Waals surface area contributed by atoms with Crippen molar-refractivity contribution in [3.8, 4) is 23.0 Å². The fraction of sp³-hybridized carbons (Fsp3) is 0.174. The molecule has 0 bridgehead atoms. The van der Waals surface area contributed by atoms with Crippen molar-refractivity contribution in [2.24, 2.45) is 0 Å². The maximum atomic E-state index is 12.7. The van der Waals surface area contributed by atoms with Gasteiger partial charge >= 0.3 is 0 Å². The summed E-state index contributed by atoms with van der Waals surface area (Å²) in [5, 5.41) is 15.9. The Morgan fingerprint density at radius 2 is 2.00 bits per heavy atom. The second-order valence-electron chi connectivity index (χ2n) is 7.46. The molecule has 2 aromatic carbocycles. The lowest BCUT2D eigenvalue weighted by atomic mass is 9.85. The number of benzene rings is 2. The van der Waals surface area contributed by atoms with Crippen molar-refractivity contribution in [1.82, 2.24) is 25.0 Å². The number of hydrogen-bond acceptors (Lipinski definition) is 6. The molecule has 1 aliphatic heterocycles. The average molecular weight is 491 g/mol. The highest BCUT2D eigenvalue weighted by Crippen LogP contribution is 2.43. The Kier molecular flexibility index (Phi) is 5.18. The van der Waals surface area contributed by atoms with Crippen molar-refractivity contribution < 1.29 is 9.53 Å². The van der Waals surface area contributed by atoms with Gasteiger partial charge in [-0.05, 0) is 30.7 Å². The van der Waals surface area contributed by atoms with E-state index in [-0.39, 0.29) is 11.8 Å². The molecule has 3 heterocycles. The molecule has 0 spiro atoms. The first kappa shape index (κ1) is 20.3. The molecule has 5 rings (SSSR count). The molecule has 8 nitrogen and oxygen atoms in total. The first-order valence-corrected chi connectivity index (χ1v) is 10.8. The van der Waals surface area contributed by atoms with E-state index in [0.29, 0.717) is 23.9 Å². The van der Waals surface area contributed by atoms with Crippen molar-refractivity contribution in [3.63, 3.8) is 0 Å². The van der Waals surface area contributed by atoms with Crippen LogP contribution in [0.3, 0.4) is 0 Å². The highest BCUT2D eigenvalue weighted by Gasteiger charge is 2.34. The summed E-state index contributed by atoms with van der Waals surface area (Å²) in [5.74, 6) is 1.28. The van der Waals surface area contributed by atoms with Crippen LogP contribution in [-0.4, -0.2) is 38.0 Å². The number of fused-ring (bicyclic) bond motifs is 1. The Morgan fingerprint density at radius 1 is 1.19 bits per heavy atom. The zero-order valence-electron chi connectivity index (χ0n) is 17.4. The molecular weight excluding hydrogens is 472 g/mol. The average Bonchev–Trinajstić information content (AvgIpc) is 3.15. The van der Waals surface area contributed by atoms with E-state index >= 15 is 0 Å². The summed E-state index contributed by atoms with van der Waals surface area (Å²) in [6, 6.07) is 15.5. The number of halogens is 1. The number of methoxy groups -OCH3 is 1. The summed E-state index contributed by atoms with van der Waals surface area (Å²) in [4.78, 5) is 17.4. The van der Waals surface area contributed by atoms with Gasteiger partial charge in [-0.15, -0.1) is 5.10 Å². The second-order valence-corrected chi connectivity index (χ2v) is 8.31. The predicted octanol–water partition coefficient (Wildman–Crippen LogP) is 4.28. The highest BCUT2D eigenvalue weighted by molar-refractivity contribution is 9.10. The minimum Gasteiger partial charge on any atom is -0.497 e. The molecule has 32 heavy (non-hydrogen) atoms. The van der Waals surface area contributed by atoms with Crippen LogP contribution in [0.25, 0.3) is 17.2 Å². The number of aryl methyl sites for hydroxylation is 1. The first-order chi connectivity index (χ1) is 15.5. The Labute approximate surface area is 192 Å². The SMILES string of the molecule is COc1ccc(Br)c([C@H]2CC(=O)Nc3c2c(C)nn3-c2nncc(-c3ccccc3)n2)c1. The lowest BCUT2D eigenvalue weighted by Crippen LogP contribution is -2.25. The van der Waals surface area contributed by atoms with Crippen molar-refractivity contribution in [3.05, 3.63) is 76.0 Å². The summed E-state index contributed by atoms with van der Waals surface area (Å²) in [5.41, 5.74) is 4.26. The largest absolute Gasteiger partial charge is 0.497 e. The van der Waals surface area contributed by atoms with Gasteiger partial charge in [0.1, 0.15) is 11.6 Å². The summed E-state index contributed by atoms with van der Waals surface area (Å²) < 4.78 is 7.87. The van der Waals surface area contributed by atoms with Crippen LogP contribution in [-0.2, 0) is 4.79 Å². The minimum absolute atomic E-state index is 0.106. The zero-order chi connectivity index (χ0) is 22.2. The van der Waals surface area contributed by atoms with E-state index in [2.05, 4.69) is 41.5 Å². The molecule has 1 aliphatic rings. The number of nitrogens with zero attached hydrogens (tertiary/aromatic N) is 5. The molecule has 9 heteroatoms. The number of anilines is 1. The van der Waals surface area contributed by atoms with Gasteiger partial charge in [0.25, 0.3) is 5.95 Å². The molecule has 0 unspecified atom stereocenters. The van der Waals surface area contributed by atoms with Crippen LogP contribution >= 0.6 is 15.9 Å². The third-order valence-corrected chi connectivity index (χ3v) is 6.21. The van der Waals surface area contributed by atoms with Gasteiger partial charge in [-0.2, -0.15) is 14.9 Å². The lowest BCUT2D eigenvalue weighted by molar-refractivity contribution is -0.116. The number of aromatic nitrogens is 5. The molecule has 0 fully saturated rings. The van der Waals surface area contributed by atoms with E-state index in [4.69, 9.17) is 4.74 Å². The van der Waals surface area contributed by atoms with Gasteiger partial charge in [-0.3, -0.25) is 4.79 Å². The van der Waals surface area contributed by atoms with Gasteiger partial charge in [0, 0.05) is 27.9 Å². The summed E-state index contributed by atoms with van der Waals surface area (Å²) in [6.45, 7) is 1.92. The molecule has 0 saturated heterocycles. The maximum absolute atomic E-state index is 12.7. The molecule has 2 aromatic heterocycles. The topological polar surface area (TPSA) is 94.8 Å². The fourth-order valence-corrected chi connectivity index (χ4v) is 4.53. The second kappa shape index (κ2) is 8.16. The third-order valence-electron chi connectivity index (χ3n) is 5.49. The van der Waals surface area contributed by atoms with E-state index in [1.54, 1.807) is 18.0 Å². The normalized spacial score (nSPS) is 15.2. The van der Waals surface area contributed by atoms with Gasteiger partial charge < -0.3 is 10.1 Å². The molecule has 0 radical (unpaired) electrons. The van der Waals surface area contributed by atoms with Crippen LogP contribution in [0, 0.1) is 6.92 Å². The Morgan fingerprint density at radius 3 is 2.78 bits per heavy atom. The van der Waals surface area contributed by atoms with Crippen molar-refractivity contribution in [2.45, 2.75) is 19.3 Å². The molecule has 1 amide bonds. The van der Waals surface area contributed by atoms with Crippen LogP contribution in [0.1, 0.15) is 29.2 Å². The Hall–Kier alpha value is -3.59. The predicted molar refractivity (Wildman–Crippen MR) is 123 cm³/mol. The van der Waals surface area contributed by atoms with Crippen LogP contribution < -0.4 is 10.1 Å². The maximum Gasteiger partial charge on any atom is 0.272 e. The Bertz CT molecular complexity index is 1320. The molecule has 1 atom stereocenters. The van der Waals surface area contributed by atoms with Gasteiger partial charge in [-0.1, -0.05) is 46.3 Å². The molecule has 4 aromatic rings. The fourth-order valence-electron chi connectivity index (χ4n) is 4.01. The summed E-state index contributed by atoms with van der Waals surface area (Å²) >= 11 is 3.63. The van der Waals surface area contributed by atoms with E-state index in [1.165, 1.54) is 0 Å². The standard InChI is InChI=1S/C23H19BrN6O2/c1-13-21-17(16-10-15(32-2)8-9-18(16)24)11-20(31)27-22(21)30(29-13)23-26-19(12-25-28-23)14-6-4-3-5-7-14/h3-10,12,17H,11H2,1-2H3,(H,27,31)/t17-/m1/s1. The van der Waals surface area contributed by atoms with Gasteiger partial charge in [0.15, 0.2) is 0 Å². The summed E-state index contributed by atoms with van der Waals surface area (Å²) in [6.07, 6.45) is 1.91. The molecule has 1 N–H and O–H groups in total. The van der Waals surface area contributed by atoms with Crippen LogP contribution in [0.2, 0.25) is 0 Å². The van der Waals surface area contributed by atoms with Gasteiger partial charge in [0.2, 0.25) is 5.91 Å². The van der Waals surface area contributed by atoms with Crippen molar-refractivity contribution in [2.75, 3.05) is 12.4 Å². The number of amides is 1. The van der Waals surface area contributed by atoms with Gasteiger partial charge in [-0.25, -0.2) is 4.98 Å². The number of rotatable bonds is 4. The highest BCUT2D eigenvalue weighted by atomic mass is 79.9. The molecule has 0 aliphatic carbocycles. The van der Waals surface area contributed by atoms with Crippen molar-refractivity contribution in [1.29, 1.82) is 0 Å². The van der Waals surface area contributed by atoms with Crippen LogP contribution in [0.15, 0.2) is 59.2 Å². The number of carbonyl (C=O) groups is 1. The molecule has 0 saturated carbocycles. The lowest BCUT2D eigenvalue weighted by Gasteiger charge is -2.25. The number of ether oxygens (including phenoxy) is 1. The monoisotopic (exact) mass is 490 g/mol. The van der Waals surface area contributed by atoms with E-state index in [9.17, 15) is 4.79 Å². The summed E-state index contributed by atoms with van der Waals surface area (Å²) in [7, 11) is 1.62. The van der Waals surface area contributed by atoms with E-state index < -0.39 is 0 Å². The Balaban J connectivity index is 1.64. The van der Waals surface area contributed by atoms with Crippen LogP contribution in [0.5, 0.6) is 5.75 Å². The quantitative estimate of drug-likeness (QED) is 0.458. The van der Waals surface area contributed by atoms with Crippen molar-refractivity contribution >= 4 is 27.7 Å². The number of carbonyl (C=O) groups excluding carboxylic acids is 1. The smallest absolute Gasteiger partial charge is 0.272 e. The first-order valence-electron chi connectivity index (χ1n) is 10.0. The molecule has 160 valence electrons. The molecular formula is C23H19BrN6O2. The number of nitrogens with one attached hydrogen (secondary N) is 1. The third kappa shape index (κ3) is 3.54. The zero-order valence-corrected chi connectivity index (χ0v) is 19.0.